The minimum atomic E-state index is -0.233. The first kappa shape index (κ1) is 19.6. The quantitative estimate of drug-likeness (QED) is 0.718. The molecule has 7 nitrogen and oxygen atoms in total. The van der Waals surface area contributed by atoms with Crippen LogP contribution in [0, 0.1) is 0 Å². The average molecular weight is 337 g/mol. The number of rotatable bonds is 9. The number of carbonyl (C=O) groups is 2. The summed E-state index contributed by atoms with van der Waals surface area (Å²) in [6, 6.07) is 7.10. The number of urea groups is 1. The van der Waals surface area contributed by atoms with Crippen molar-refractivity contribution in [3.63, 3.8) is 0 Å². The average Bonchev–Trinajstić information content (AvgIpc) is 2.53. The lowest BCUT2D eigenvalue weighted by atomic mass is 10.3. The fourth-order valence-corrected chi connectivity index (χ4v) is 1.99. The number of carbonyl (C=O) groups excluding carboxylic acids is 2. The largest absolute Gasteiger partial charge is 0.497 e. The lowest BCUT2D eigenvalue weighted by Gasteiger charge is -2.21. The van der Waals surface area contributed by atoms with E-state index in [0.29, 0.717) is 32.0 Å². The highest BCUT2D eigenvalue weighted by Crippen LogP contribution is 2.16. The Morgan fingerprint density at radius 2 is 1.75 bits per heavy atom. The summed E-state index contributed by atoms with van der Waals surface area (Å²) < 4.78 is 10.7. The summed E-state index contributed by atoms with van der Waals surface area (Å²) in [5.74, 6) is 1.42. The highest BCUT2D eigenvalue weighted by molar-refractivity contribution is 5.75. The highest BCUT2D eigenvalue weighted by Gasteiger charge is 2.09. The van der Waals surface area contributed by atoms with Gasteiger partial charge in [0, 0.05) is 26.1 Å². The molecule has 0 heterocycles. The molecule has 0 aliphatic carbocycles. The molecule has 0 bridgehead atoms. The Morgan fingerprint density at radius 1 is 1.12 bits per heavy atom. The van der Waals surface area contributed by atoms with Crippen LogP contribution in [0.4, 0.5) is 4.79 Å². The Morgan fingerprint density at radius 3 is 2.29 bits per heavy atom. The van der Waals surface area contributed by atoms with E-state index in [1.807, 2.05) is 38.1 Å². The van der Waals surface area contributed by atoms with E-state index in [2.05, 4.69) is 10.6 Å². The maximum Gasteiger partial charge on any atom is 0.315 e. The molecule has 1 aromatic carbocycles. The first-order valence-electron chi connectivity index (χ1n) is 7.99. The first-order valence-corrected chi connectivity index (χ1v) is 7.99. The molecule has 3 amide bonds. The molecule has 0 saturated heterocycles. The molecule has 24 heavy (non-hydrogen) atoms. The van der Waals surface area contributed by atoms with Crippen LogP contribution in [0.25, 0.3) is 0 Å². The smallest absolute Gasteiger partial charge is 0.315 e. The Labute approximate surface area is 143 Å². The van der Waals surface area contributed by atoms with Gasteiger partial charge in [0.25, 0.3) is 0 Å². The van der Waals surface area contributed by atoms with Gasteiger partial charge >= 0.3 is 6.03 Å². The van der Waals surface area contributed by atoms with E-state index in [1.54, 1.807) is 12.0 Å². The van der Waals surface area contributed by atoms with E-state index >= 15 is 0 Å². The van der Waals surface area contributed by atoms with Gasteiger partial charge in [0.15, 0.2) is 0 Å². The van der Waals surface area contributed by atoms with Crippen molar-refractivity contribution < 1.29 is 19.1 Å². The number of benzene rings is 1. The van der Waals surface area contributed by atoms with Crippen molar-refractivity contribution in [2.24, 2.45) is 0 Å². The van der Waals surface area contributed by atoms with Gasteiger partial charge < -0.3 is 25.0 Å². The summed E-state index contributed by atoms with van der Waals surface area (Å²) in [7, 11) is 1.61. The van der Waals surface area contributed by atoms with E-state index in [0.717, 1.165) is 5.75 Å². The van der Waals surface area contributed by atoms with Gasteiger partial charge in [0.05, 0.1) is 13.7 Å². The number of nitrogens with one attached hydrogen (secondary N) is 2. The van der Waals surface area contributed by atoms with Gasteiger partial charge in [-0.25, -0.2) is 4.79 Å². The molecule has 0 aliphatic rings. The van der Waals surface area contributed by atoms with Crippen LogP contribution in [0.2, 0.25) is 0 Å². The summed E-state index contributed by atoms with van der Waals surface area (Å²) in [6.07, 6.45) is 0. The second kappa shape index (κ2) is 10.4. The molecule has 0 saturated carbocycles. The molecule has 0 spiro atoms. The molecule has 2 N–H and O–H groups in total. The summed E-state index contributed by atoms with van der Waals surface area (Å²) in [4.78, 5) is 24.8. The van der Waals surface area contributed by atoms with E-state index in [4.69, 9.17) is 9.47 Å². The van der Waals surface area contributed by atoms with Crippen LogP contribution < -0.4 is 20.1 Å². The Hall–Kier alpha value is -2.44. The third-order valence-electron chi connectivity index (χ3n) is 3.22. The van der Waals surface area contributed by atoms with Gasteiger partial charge in [-0.15, -0.1) is 0 Å². The van der Waals surface area contributed by atoms with Crippen LogP contribution in [-0.4, -0.2) is 56.2 Å². The highest BCUT2D eigenvalue weighted by atomic mass is 16.5. The zero-order chi connectivity index (χ0) is 17.9. The maximum absolute atomic E-state index is 11.6. The van der Waals surface area contributed by atoms with Crippen LogP contribution in [-0.2, 0) is 4.79 Å². The molecule has 1 rings (SSSR count). The van der Waals surface area contributed by atoms with Gasteiger partial charge in [0.2, 0.25) is 5.91 Å². The van der Waals surface area contributed by atoms with Gasteiger partial charge in [-0.3, -0.25) is 4.79 Å². The molecule has 0 aliphatic heterocycles. The minimum absolute atomic E-state index is 0.0561. The predicted octanol–water partition coefficient (Wildman–Crippen LogP) is 1.63. The molecule has 0 fully saturated rings. The van der Waals surface area contributed by atoms with Crippen LogP contribution in [0.3, 0.4) is 0 Å². The minimum Gasteiger partial charge on any atom is -0.497 e. The fourth-order valence-electron chi connectivity index (χ4n) is 1.99. The SMILES string of the molecule is COc1ccc(OCCN(CCNC(=O)NC(C)C)C(C)=O)cc1. The monoisotopic (exact) mass is 337 g/mol. The number of hydrogen-bond donors (Lipinski definition) is 2. The zero-order valence-corrected chi connectivity index (χ0v) is 14.8. The van der Waals surface area contributed by atoms with Crippen LogP contribution >= 0.6 is 0 Å². The van der Waals surface area contributed by atoms with Gasteiger partial charge in [0.1, 0.15) is 18.1 Å². The topological polar surface area (TPSA) is 79.9 Å². The van der Waals surface area contributed by atoms with Gasteiger partial charge in [-0.2, -0.15) is 0 Å². The van der Waals surface area contributed by atoms with Crippen LogP contribution in [0.5, 0.6) is 11.5 Å². The number of hydrogen-bond acceptors (Lipinski definition) is 4. The molecular formula is C17H27N3O4. The van der Waals surface area contributed by atoms with Crippen molar-refractivity contribution in [2.75, 3.05) is 33.4 Å². The maximum atomic E-state index is 11.6. The number of ether oxygens (including phenoxy) is 2. The molecule has 0 atom stereocenters. The van der Waals surface area contributed by atoms with Gasteiger partial charge in [-0.1, -0.05) is 0 Å². The standard InChI is InChI=1S/C17H27N3O4/c1-13(2)19-17(22)18-9-10-20(14(3)21)11-12-24-16-7-5-15(23-4)6-8-16/h5-8,13H,9-12H2,1-4H3,(H2,18,19,22). The molecule has 0 aromatic heterocycles. The van der Waals surface area contributed by atoms with E-state index < -0.39 is 0 Å². The predicted molar refractivity (Wildman–Crippen MR) is 92.4 cm³/mol. The van der Waals surface area contributed by atoms with Crippen molar-refractivity contribution in [1.82, 2.24) is 15.5 Å². The Bertz CT molecular complexity index is 517. The summed E-state index contributed by atoms with van der Waals surface area (Å²) in [6.45, 7) is 6.93. The lowest BCUT2D eigenvalue weighted by molar-refractivity contribution is -0.129. The second-order valence-corrected chi connectivity index (χ2v) is 5.58. The number of nitrogens with zero attached hydrogens (tertiary/aromatic N) is 1. The third-order valence-corrected chi connectivity index (χ3v) is 3.22. The molecular weight excluding hydrogens is 310 g/mol. The number of amides is 3. The zero-order valence-electron chi connectivity index (χ0n) is 14.8. The second-order valence-electron chi connectivity index (χ2n) is 5.58. The third kappa shape index (κ3) is 7.71. The fraction of sp³-hybridized carbons (Fsp3) is 0.529. The van der Waals surface area contributed by atoms with Crippen molar-refractivity contribution in [1.29, 1.82) is 0 Å². The van der Waals surface area contributed by atoms with Crippen molar-refractivity contribution >= 4 is 11.9 Å². The molecule has 0 unspecified atom stereocenters. The summed E-state index contributed by atoms with van der Waals surface area (Å²) in [5.41, 5.74) is 0. The Kier molecular flexibility index (Phi) is 8.46. The van der Waals surface area contributed by atoms with E-state index in [-0.39, 0.29) is 18.0 Å². The molecule has 7 heteroatoms. The lowest BCUT2D eigenvalue weighted by Crippen LogP contribution is -2.44. The van der Waals surface area contributed by atoms with E-state index in [1.165, 1.54) is 6.92 Å². The van der Waals surface area contributed by atoms with Crippen LogP contribution in [0.1, 0.15) is 20.8 Å². The van der Waals surface area contributed by atoms with E-state index in [9.17, 15) is 9.59 Å². The van der Waals surface area contributed by atoms with Crippen molar-refractivity contribution in [2.45, 2.75) is 26.8 Å². The van der Waals surface area contributed by atoms with Gasteiger partial charge in [-0.05, 0) is 38.1 Å². The molecule has 134 valence electrons. The normalized spacial score (nSPS) is 10.2. The number of methoxy groups -OCH3 is 1. The van der Waals surface area contributed by atoms with Crippen molar-refractivity contribution in [3.05, 3.63) is 24.3 Å². The molecule has 1 aromatic rings. The first-order chi connectivity index (χ1) is 11.4. The summed E-state index contributed by atoms with van der Waals surface area (Å²) in [5, 5.41) is 5.45. The molecule has 0 radical (unpaired) electrons. The Balaban J connectivity index is 2.32. The van der Waals surface area contributed by atoms with Crippen molar-refractivity contribution in [3.8, 4) is 11.5 Å². The summed E-state index contributed by atoms with van der Waals surface area (Å²) >= 11 is 0. The van der Waals surface area contributed by atoms with Crippen LogP contribution in [0.15, 0.2) is 24.3 Å².